The third-order valence-corrected chi connectivity index (χ3v) is 3.83. The second-order valence-corrected chi connectivity index (χ2v) is 5.69. The molecule has 3 heteroatoms. The van der Waals surface area contributed by atoms with Crippen LogP contribution in [0.5, 0.6) is 0 Å². The van der Waals surface area contributed by atoms with Gasteiger partial charge in [-0.2, -0.15) is 0 Å². The molecule has 3 rings (SSSR count). The lowest BCUT2D eigenvalue weighted by Crippen LogP contribution is -2.27. The van der Waals surface area contributed by atoms with Gasteiger partial charge >= 0.3 is 0 Å². The summed E-state index contributed by atoms with van der Waals surface area (Å²) < 4.78 is 2.33. The van der Waals surface area contributed by atoms with Crippen molar-refractivity contribution < 1.29 is 0 Å². The number of fused-ring (bicyclic) bond motifs is 1. The normalized spacial score (nSPS) is 17.6. The molecule has 0 radical (unpaired) electrons. The van der Waals surface area contributed by atoms with Gasteiger partial charge in [0.15, 0.2) is 0 Å². The Morgan fingerprint density at radius 3 is 2.72 bits per heavy atom. The summed E-state index contributed by atoms with van der Waals surface area (Å²) in [4.78, 5) is 4.77. The van der Waals surface area contributed by atoms with Crippen molar-refractivity contribution >= 4 is 11.0 Å². The summed E-state index contributed by atoms with van der Waals surface area (Å²) in [5.41, 5.74) is 8.56. The highest BCUT2D eigenvalue weighted by atomic mass is 15.1. The Hall–Kier alpha value is -1.35. The molecule has 1 aromatic heterocycles. The molecule has 0 saturated heterocycles. The van der Waals surface area contributed by atoms with Gasteiger partial charge in [-0.05, 0) is 44.7 Å². The van der Waals surface area contributed by atoms with E-state index in [4.69, 9.17) is 10.7 Å². The minimum absolute atomic E-state index is 0.277. The summed E-state index contributed by atoms with van der Waals surface area (Å²) >= 11 is 0. The average molecular weight is 243 g/mol. The summed E-state index contributed by atoms with van der Waals surface area (Å²) in [6.45, 7) is 4.42. The Morgan fingerprint density at radius 1 is 1.33 bits per heavy atom. The van der Waals surface area contributed by atoms with Gasteiger partial charge in [-0.1, -0.05) is 12.1 Å². The molecule has 1 unspecified atom stereocenters. The Kier molecular flexibility index (Phi) is 2.86. The molecule has 0 aliphatic heterocycles. The minimum atomic E-state index is 0.277. The van der Waals surface area contributed by atoms with E-state index in [-0.39, 0.29) is 6.04 Å². The molecule has 1 saturated carbocycles. The first kappa shape index (κ1) is 11.7. The van der Waals surface area contributed by atoms with Gasteiger partial charge < -0.3 is 10.3 Å². The zero-order valence-electron chi connectivity index (χ0n) is 11.1. The zero-order valence-corrected chi connectivity index (χ0v) is 11.1. The molecule has 2 N–H and O–H groups in total. The van der Waals surface area contributed by atoms with Crippen LogP contribution in [0.1, 0.15) is 38.6 Å². The van der Waals surface area contributed by atoms with E-state index < -0.39 is 0 Å². The largest absolute Gasteiger partial charge is 0.327 e. The second-order valence-electron chi connectivity index (χ2n) is 5.69. The van der Waals surface area contributed by atoms with Crippen molar-refractivity contribution in [2.24, 2.45) is 11.7 Å². The molecule has 1 aromatic carbocycles. The number of hydrogen-bond acceptors (Lipinski definition) is 2. The number of nitrogens with zero attached hydrogens (tertiary/aromatic N) is 2. The fraction of sp³-hybridized carbons (Fsp3) is 0.533. The molecule has 18 heavy (non-hydrogen) atoms. The molecular weight excluding hydrogens is 222 g/mol. The van der Waals surface area contributed by atoms with E-state index in [0.29, 0.717) is 6.04 Å². The van der Waals surface area contributed by atoms with Gasteiger partial charge in [-0.3, -0.25) is 0 Å². The summed E-state index contributed by atoms with van der Waals surface area (Å²) in [5, 5.41) is 0. The number of aromatic nitrogens is 2. The molecule has 96 valence electrons. The fourth-order valence-electron chi connectivity index (χ4n) is 2.72. The second kappa shape index (κ2) is 4.39. The molecule has 1 aliphatic rings. The van der Waals surface area contributed by atoms with E-state index >= 15 is 0 Å². The van der Waals surface area contributed by atoms with E-state index in [9.17, 15) is 0 Å². The topological polar surface area (TPSA) is 43.8 Å². The van der Waals surface area contributed by atoms with Gasteiger partial charge in [0.05, 0.1) is 11.0 Å². The predicted octanol–water partition coefficient (Wildman–Crippen LogP) is 2.90. The fourth-order valence-corrected chi connectivity index (χ4v) is 2.72. The lowest BCUT2D eigenvalue weighted by molar-refractivity contribution is 0.526. The highest BCUT2D eigenvalue weighted by molar-refractivity contribution is 5.76. The molecule has 3 nitrogen and oxygen atoms in total. The van der Waals surface area contributed by atoms with Crippen LogP contribution >= 0.6 is 0 Å². The van der Waals surface area contributed by atoms with Gasteiger partial charge in [0.1, 0.15) is 5.82 Å². The number of rotatable bonds is 4. The van der Waals surface area contributed by atoms with E-state index in [2.05, 4.69) is 36.6 Å². The number of para-hydroxylation sites is 2. The van der Waals surface area contributed by atoms with Crippen molar-refractivity contribution in [3.05, 3.63) is 30.1 Å². The standard InChI is InChI=1S/C15H21N3/c1-10(2)18-14-6-4-3-5-13(14)17-15(18)9-12(16)11-7-8-11/h3-6,10-12H,7-9,16H2,1-2H3. The van der Waals surface area contributed by atoms with E-state index in [1.807, 2.05) is 6.07 Å². The van der Waals surface area contributed by atoms with Crippen molar-refractivity contribution in [1.82, 2.24) is 9.55 Å². The monoisotopic (exact) mass is 243 g/mol. The lowest BCUT2D eigenvalue weighted by Gasteiger charge is -2.15. The van der Waals surface area contributed by atoms with Gasteiger partial charge in [0.25, 0.3) is 0 Å². The summed E-state index contributed by atoms with van der Waals surface area (Å²) in [6.07, 6.45) is 3.49. The first-order valence-electron chi connectivity index (χ1n) is 6.88. The van der Waals surface area contributed by atoms with E-state index in [1.54, 1.807) is 0 Å². The zero-order chi connectivity index (χ0) is 12.7. The maximum absolute atomic E-state index is 6.25. The van der Waals surface area contributed by atoms with Crippen LogP contribution in [0.2, 0.25) is 0 Å². The molecule has 0 spiro atoms. The van der Waals surface area contributed by atoms with Gasteiger partial charge in [-0.15, -0.1) is 0 Å². The first-order chi connectivity index (χ1) is 8.66. The van der Waals surface area contributed by atoms with Crippen molar-refractivity contribution in [2.45, 2.75) is 45.2 Å². The van der Waals surface area contributed by atoms with Crippen LogP contribution in [-0.2, 0) is 6.42 Å². The molecule has 1 fully saturated rings. The summed E-state index contributed by atoms with van der Waals surface area (Å²) in [6, 6.07) is 9.06. The highest BCUT2D eigenvalue weighted by Gasteiger charge is 2.29. The van der Waals surface area contributed by atoms with Crippen LogP contribution in [-0.4, -0.2) is 15.6 Å². The van der Waals surface area contributed by atoms with Crippen LogP contribution in [0.15, 0.2) is 24.3 Å². The number of hydrogen-bond donors (Lipinski definition) is 1. The number of benzene rings is 1. The Morgan fingerprint density at radius 2 is 2.06 bits per heavy atom. The first-order valence-corrected chi connectivity index (χ1v) is 6.88. The third-order valence-electron chi connectivity index (χ3n) is 3.83. The molecule has 2 aromatic rings. The van der Waals surface area contributed by atoms with Crippen molar-refractivity contribution in [3.8, 4) is 0 Å². The van der Waals surface area contributed by atoms with Crippen LogP contribution in [0.3, 0.4) is 0 Å². The third kappa shape index (κ3) is 2.03. The van der Waals surface area contributed by atoms with Crippen LogP contribution in [0.4, 0.5) is 0 Å². The number of nitrogens with two attached hydrogens (primary N) is 1. The number of imidazole rings is 1. The van der Waals surface area contributed by atoms with Crippen LogP contribution in [0.25, 0.3) is 11.0 Å². The Bertz CT molecular complexity index is 552. The van der Waals surface area contributed by atoms with Crippen LogP contribution in [0, 0.1) is 5.92 Å². The van der Waals surface area contributed by atoms with E-state index in [1.165, 1.54) is 18.4 Å². The summed E-state index contributed by atoms with van der Waals surface area (Å²) in [5.74, 6) is 1.87. The minimum Gasteiger partial charge on any atom is -0.327 e. The Balaban J connectivity index is 2.01. The average Bonchev–Trinajstić information content (AvgIpc) is 3.10. The maximum Gasteiger partial charge on any atom is 0.111 e. The van der Waals surface area contributed by atoms with Gasteiger partial charge in [0, 0.05) is 18.5 Å². The molecule has 1 heterocycles. The molecule has 0 bridgehead atoms. The van der Waals surface area contributed by atoms with Crippen molar-refractivity contribution in [3.63, 3.8) is 0 Å². The predicted molar refractivity (Wildman–Crippen MR) is 74.5 cm³/mol. The van der Waals surface area contributed by atoms with Crippen molar-refractivity contribution in [1.29, 1.82) is 0 Å². The van der Waals surface area contributed by atoms with E-state index in [0.717, 1.165) is 23.7 Å². The molecular formula is C15H21N3. The summed E-state index contributed by atoms with van der Waals surface area (Å²) in [7, 11) is 0. The molecule has 1 atom stereocenters. The quantitative estimate of drug-likeness (QED) is 0.897. The van der Waals surface area contributed by atoms with Crippen molar-refractivity contribution in [2.75, 3.05) is 0 Å². The molecule has 1 aliphatic carbocycles. The highest BCUT2D eigenvalue weighted by Crippen LogP contribution is 2.33. The van der Waals surface area contributed by atoms with Gasteiger partial charge in [-0.25, -0.2) is 4.98 Å². The molecule has 0 amide bonds. The van der Waals surface area contributed by atoms with Crippen LogP contribution < -0.4 is 5.73 Å². The SMILES string of the molecule is CC(C)n1c(CC(N)C2CC2)nc2ccccc21. The van der Waals surface area contributed by atoms with Gasteiger partial charge in [0.2, 0.25) is 0 Å². The lowest BCUT2D eigenvalue weighted by atomic mass is 10.1. The maximum atomic E-state index is 6.25. The smallest absolute Gasteiger partial charge is 0.111 e. The Labute approximate surface area is 108 Å².